The lowest BCUT2D eigenvalue weighted by Crippen LogP contribution is -2.46. The average molecular weight is 312 g/mol. The maximum Gasteiger partial charge on any atom is 0.155 e. The molecule has 2 fully saturated rings. The molecule has 0 N–H and O–H groups in total. The fourth-order valence-corrected chi connectivity index (χ4v) is 6.53. The Morgan fingerprint density at radius 1 is 1.13 bits per heavy atom. The largest absolute Gasteiger partial charge is 0.300 e. The van der Waals surface area contributed by atoms with Crippen LogP contribution in [0.5, 0.6) is 0 Å². The molecular weight excluding hydrogens is 284 g/mol. The Kier molecular flexibility index (Phi) is 3.28. The van der Waals surface area contributed by atoms with Gasteiger partial charge in [-0.05, 0) is 74.2 Å². The van der Waals surface area contributed by atoms with Crippen molar-refractivity contribution in [1.29, 1.82) is 0 Å². The fraction of sp³-hybridized carbons (Fsp3) is 0.714. The topological polar surface area (TPSA) is 34.1 Å². The van der Waals surface area contributed by atoms with E-state index in [9.17, 15) is 9.59 Å². The summed E-state index contributed by atoms with van der Waals surface area (Å²) in [7, 11) is 0. The van der Waals surface area contributed by atoms with Crippen molar-refractivity contribution < 1.29 is 9.59 Å². The molecule has 5 unspecified atom stereocenters. The zero-order valence-corrected chi connectivity index (χ0v) is 14.7. The van der Waals surface area contributed by atoms with Gasteiger partial charge in [0, 0.05) is 12.3 Å². The summed E-state index contributed by atoms with van der Waals surface area (Å²) in [6, 6.07) is 0. The maximum absolute atomic E-state index is 12.1. The second kappa shape index (κ2) is 4.91. The van der Waals surface area contributed by atoms with Crippen molar-refractivity contribution in [2.75, 3.05) is 0 Å². The van der Waals surface area contributed by atoms with Crippen LogP contribution in [0.3, 0.4) is 0 Å². The van der Waals surface area contributed by atoms with Gasteiger partial charge in [-0.3, -0.25) is 9.59 Å². The fourth-order valence-electron chi connectivity index (χ4n) is 6.53. The maximum atomic E-state index is 12.1. The van der Waals surface area contributed by atoms with Crippen LogP contribution in [0.25, 0.3) is 0 Å². The summed E-state index contributed by atoms with van der Waals surface area (Å²) < 4.78 is 0. The molecule has 0 aromatic carbocycles. The molecule has 0 radical (unpaired) electrons. The number of Topliss-reactive ketones (excluding diaryl/α,β-unsaturated/α-hetero) is 1. The van der Waals surface area contributed by atoms with Gasteiger partial charge in [-0.1, -0.05) is 31.1 Å². The lowest BCUT2D eigenvalue weighted by molar-refractivity contribution is -0.125. The van der Waals surface area contributed by atoms with E-state index in [4.69, 9.17) is 0 Å². The standard InChI is InChI=1S/C21H28O2/c1-13(22)17-6-7-18-16-5-4-14-12-15(23)8-10-20(14,2)19(16)9-11-21(17,18)3/h5,12,17-19H,4,6-11H2,1-3H3. The zero-order chi connectivity index (χ0) is 16.4. The van der Waals surface area contributed by atoms with Crippen LogP contribution in [0, 0.1) is 28.6 Å². The van der Waals surface area contributed by atoms with Crippen LogP contribution >= 0.6 is 0 Å². The molecule has 2 saturated carbocycles. The minimum Gasteiger partial charge on any atom is -0.300 e. The zero-order valence-electron chi connectivity index (χ0n) is 14.7. The Labute approximate surface area is 139 Å². The smallest absolute Gasteiger partial charge is 0.155 e. The molecule has 0 aromatic rings. The highest BCUT2D eigenvalue weighted by Crippen LogP contribution is 2.65. The van der Waals surface area contributed by atoms with E-state index < -0.39 is 0 Å². The van der Waals surface area contributed by atoms with Crippen molar-refractivity contribution in [1.82, 2.24) is 0 Å². The van der Waals surface area contributed by atoms with E-state index in [0.717, 1.165) is 19.3 Å². The summed E-state index contributed by atoms with van der Waals surface area (Å²) in [4.78, 5) is 24.0. The summed E-state index contributed by atoms with van der Waals surface area (Å²) in [6.45, 7) is 6.55. The monoisotopic (exact) mass is 312 g/mol. The van der Waals surface area contributed by atoms with Gasteiger partial charge in [-0.25, -0.2) is 0 Å². The predicted molar refractivity (Wildman–Crippen MR) is 90.9 cm³/mol. The molecule has 23 heavy (non-hydrogen) atoms. The van der Waals surface area contributed by atoms with Crippen molar-refractivity contribution in [3.63, 3.8) is 0 Å². The molecule has 4 rings (SSSR count). The third-order valence-corrected chi connectivity index (χ3v) is 7.89. The van der Waals surface area contributed by atoms with Crippen molar-refractivity contribution in [3.05, 3.63) is 23.3 Å². The highest BCUT2D eigenvalue weighted by atomic mass is 16.1. The number of carbonyl (C=O) groups excluding carboxylic acids is 2. The Morgan fingerprint density at radius 2 is 1.91 bits per heavy atom. The Hall–Kier alpha value is -1.18. The van der Waals surface area contributed by atoms with E-state index in [2.05, 4.69) is 19.9 Å². The third-order valence-electron chi connectivity index (χ3n) is 7.89. The SMILES string of the molecule is CC(=O)C1CCC2C3=CCC4=CC(=O)CCC4(C)C3CCC12C. The Balaban J connectivity index is 1.73. The molecule has 0 spiro atoms. The number of ketones is 2. The van der Waals surface area contributed by atoms with Crippen LogP contribution in [0.1, 0.15) is 65.7 Å². The van der Waals surface area contributed by atoms with Gasteiger partial charge >= 0.3 is 0 Å². The van der Waals surface area contributed by atoms with Crippen LogP contribution < -0.4 is 0 Å². The minimum atomic E-state index is 0.177. The summed E-state index contributed by atoms with van der Waals surface area (Å²) >= 11 is 0. The van der Waals surface area contributed by atoms with Gasteiger partial charge in [0.25, 0.3) is 0 Å². The van der Waals surface area contributed by atoms with E-state index >= 15 is 0 Å². The van der Waals surface area contributed by atoms with E-state index in [1.807, 2.05) is 6.08 Å². The van der Waals surface area contributed by atoms with E-state index in [1.54, 1.807) is 12.5 Å². The first kappa shape index (κ1) is 15.4. The minimum absolute atomic E-state index is 0.177. The average Bonchev–Trinajstić information content (AvgIpc) is 2.85. The Bertz CT molecular complexity index is 640. The summed E-state index contributed by atoms with van der Waals surface area (Å²) in [5.74, 6) is 2.14. The van der Waals surface area contributed by atoms with Crippen LogP contribution in [-0.4, -0.2) is 11.6 Å². The Morgan fingerprint density at radius 3 is 2.65 bits per heavy atom. The predicted octanol–water partition coefficient (Wildman–Crippen LogP) is 4.64. The number of fused-ring (bicyclic) bond motifs is 5. The molecule has 0 aliphatic heterocycles. The van der Waals surface area contributed by atoms with Crippen LogP contribution in [0.15, 0.2) is 23.3 Å². The summed E-state index contributed by atoms with van der Waals surface area (Å²) in [6.07, 6.45) is 11.6. The molecular formula is C21H28O2. The van der Waals surface area contributed by atoms with Gasteiger partial charge in [0.15, 0.2) is 5.78 Å². The van der Waals surface area contributed by atoms with Crippen LogP contribution in [0.4, 0.5) is 0 Å². The quantitative estimate of drug-likeness (QED) is 0.661. The highest BCUT2D eigenvalue weighted by molar-refractivity contribution is 5.91. The lowest BCUT2D eigenvalue weighted by Gasteiger charge is -2.54. The van der Waals surface area contributed by atoms with Crippen molar-refractivity contribution in [2.45, 2.75) is 65.7 Å². The molecule has 2 heteroatoms. The highest BCUT2D eigenvalue weighted by Gasteiger charge is 2.57. The van der Waals surface area contributed by atoms with E-state index in [0.29, 0.717) is 29.8 Å². The molecule has 2 nitrogen and oxygen atoms in total. The van der Waals surface area contributed by atoms with E-state index in [1.165, 1.54) is 24.8 Å². The second-order valence-corrected chi connectivity index (χ2v) is 8.85. The number of rotatable bonds is 1. The normalized spacial score (nSPS) is 45.5. The van der Waals surface area contributed by atoms with Gasteiger partial charge in [-0.15, -0.1) is 0 Å². The van der Waals surface area contributed by atoms with Crippen molar-refractivity contribution in [2.24, 2.45) is 28.6 Å². The van der Waals surface area contributed by atoms with Crippen molar-refractivity contribution >= 4 is 11.6 Å². The molecule has 4 aliphatic rings. The number of carbonyl (C=O) groups is 2. The van der Waals surface area contributed by atoms with E-state index in [-0.39, 0.29) is 16.7 Å². The summed E-state index contributed by atoms with van der Waals surface area (Å²) in [5, 5.41) is 0. The molecule has 0 aromatic heterocycles. The molecule has 5 atom stereocenters. The van der Waals surface area contributed by atoms with Crippen LogP contribution in [-0.2, 0) is 9.59 Å². The molecule has 0 saturated heterocycles. The first-order valence-corrected chi connectivity index (χ1v) is 9.30. The second-order valence-electron chi connectivity index (χ2n) is 8.85. The number of hydrogen-bond acceptors (Lipinski definition) is 2. The molecule has 0 heterocycles. The van der Waals surface area contributed by atoms with Gasteiger partial charge in [-0.2, -0.15) is 0 Å². The van der Waals surface area contributed by atoms with Gasteiger partial charge < -0.3 is 0 Å². The lowest BCUT2D eigenvalue weighted by atomic mass is 9.50. The van der Waals surface area contributed by atoms with Gasteiger partial charge in [0.1, 0.15) is 5.78 Å². The third kappa shape index (κ3) is 1.99. The number of hydrogen-bond donors (Lipinski definition) is 0. The van der Waals surface area contributed by atoms with Gasteiger partial charge in [0.2, 0.25) is 0 Å². The first-order chi connectivity index (χ1) is 10.9. The van der Waals surface area contributed by atoms with Gasteiger partial charge in [0.05, 0.1) is 0 Å². The number of allylic oxidation sites excluding steroid dienone is 4. The van der Waals surface area contributed by atoms with Crippen molar-refractivity contribution in [3.8, 4) is 0 Å². The molecule has 0 amide bonds. The molecule has 0 bridgehead atoms. The van der Waals surface area contributed by atoms with Crippen LogP contribution in [0.2, 0.25) is 0 Å². The molecule has 4 aliphatic carbocycles. The first-order valence-electron chi connectivity index (χ1n) is 9.30. The molecule has 124 valence electrons. The summed E-state index contributed by atoms with van der Waals surface area (Å²) in [5.41, 5.74) is 3.37.